The molecule has 3 N–H and O–H groups in total. The highest BCUT2D eigenvalue weighted by Gasteiger charge is 2.40. The number of carbonyl (C=O) groups excluding carboxylic acids is 2. The summed E-state index contributed by atoms with van der Waals surface area (Å²) in [5.41, 5.74) is 0. The summed E-state index contributed by atoms with van der Waals surface area (Å²) in [6.45, 7) is 0.968. The van der Waals surface area contributed by atoms with Crippen LogP contribution in [0.2, 0.25) is 0 Å². The third-order valence-corrected chi connectivity index (χ3v) is 6.78. The standard InChI is InChI=1S/C20H30N2O4S/c23-17(19(25)21-11-10-15-8-5-13-27-15)18(24)20(26)22-12-4-9-16(22)14-6-2-1-3-7-14/h5,8,13-14,16-18,23-24H,1-4,6-7,9-12H2,(H,21,25)/t16-,17+,18+/m0/s1. The van der Waals surface area contributed by atoms with Gasteiger partial charge in [-0.3, -0.25) is 9.59 Å². The summed E-state index contributed by atoms with van der Waals surface area (Å²) in [7, 11) is 0. The third kappa shape index (κ3) is 5.09. The Hall–Kier alpha value is -1.44. The molecule has 3 rings (SSSR count). The number of hydrogen-bond acceptors (Lipinski definition) is 5. The first-order valence-corrected chi connectivity index (χ1v) is 10.9. The second-order valence-corrected chi connectivity index (χ2v) is 8.68. The van der Waals surface area contributed by atoms with Gasteiger partial charge in [0.05, 0.1) is 0 Å². The summed E-state index contributed by atoms with van der Waals surface area (Å²) in [6, 6.07) is 4.06. The minimum absolute atomic E-state index is 0.140. The molecular weight excluding hydrogens is 364 g/mol. The second-order valence-electron chi connectivity index (χ2n) is 7.65. The molecule has 2 amide bonds. The maximum absolute atomic E-state index is 12.7. The van der Waals surface area contributed by atoms with E-state index in [0.29, 0.717) is 25.4 Å². The monoisotopic (exact) mass is 394 g/mol. The molecule has 1 aromatic rings. The molecule has 0 aromatic carbocycles. The van der Waals surface area contributed by atoms with Crippen molar-refractivity contribution in [1.29, 1.82) is 0 Å². The van der Waals surface area contributed by atoms with Crippen LogP contribution in [-0.2, 0) is 16.0 Å². The van der Waals surface area contributed by atoms with Crippen molar-refractivity contribution in [3.63, 3.8) is 0 Å². The molecule has 2 heterocycles. The van der Waals surface area contributed by atoms with Crippen LogP contribution in [0.3, 0.4) is 0 Å². The number of amides is 2. The Morgan fingerprint density at radius 1 is 1.15 bits per heavy atom. The van der Waals surface area contributed by atoms with Gasteiger partial charge in [0.1, 0.15) is 0 Å². The van der Waals surface area contributed by atoms with Crippen LogP contribution in [0, 0.1) is 5.92 Å². The Balaban J connectivity index is 1.50. The first-order chi connectivity index (χ1) is 13.1. The lowest BCUT2D eigenvalue weighted by Gasteiger charge is -2.35. The molecule has 6 nitrogen and oxygen atoms in total. The van der Waals surface area contributed by atoms with Crippen molar-refractivity contribution in [3.8, 4) is 0 Å². The van der Waals surface area contributed by atoms with Crippen molar-refractivity contribution in [2.45, 2.75) is 69.6 Å². The summed E-state index contributed by atoms with van der Waals surface area (Å²) in [5.74, 6) is -0.723. The average molecular weight is 395 g/mol. The predicted octanol–water partition coefficient (Wildman–Crippen LogP) is 1.70. The maximum Gasteiger partial charge on any atom is 0.254 e. The van der Waals surface area contributed by atoms with E-state index in [4.69, 9.17) is 0 Å². The fourth-order valence-electron chi connectivity index (χ4n) is 4.39. The molecule has 1 saturated carbocycles. The predicted molar refractivity (Wildman–Crippen MR) is 104 cm³/mol. The fraction of sp³-hybridized carbons (Fsp3) is 0.700. The number of nitrogens with zero attached hydrogens (tertiary/aromatic N) is 1. The molecule has 27 heavy (non-hydrogen) atoms. The van der Waals surface area contributed by atoms with Crippen LogP contribution >= 0.6 is 11.3 Å². The topological polar surface area (TPSA) is 89.9 Å². The van der Waals surface area contributed by atoms with Crippen LogP contribution in [0.25, 0.3) is 0 Å². The van der Waals surface area contributed by atoms with Gasteiger partial charge >= 0.3 is 0 Å². The smallest absolute Gasteiger partial charge is 0.254 e. The molecule has 1 saturated heterocycles. The van der Waals surface area contributed by atoms with Gasteiger partial charge in [-0.2, -0.15) is 0 Å². The molecule has 2 aliphatic rings. The Morgan fingerprint density at radius 3 is 2.63 bits per heavy atom. The summed E-state index contributed by atoms with van der Waals surface area (Å²) in [4.78, 5) is 27.7. The van der Waals surface area contributed by atoms with Gasteiger partial charge in [-0.25, -0.2) is 0 Å². The van der Waals surface area contributed by atoms with Crippen molar-refractivity contribution >= 4 is 23.2 Å². The molecule has 0 spiro atoms. The van der Waals surface area contributed by atoms with Crippen LogP contribution in [-0.4, -0.2) is 58.3 Å². The van der Waals surface area contributed by atoms with Gasteiger partial charge in [-0.05, 0) is 49.5 Å². The van der Waals surface area contributed by atoms with Crippen molar-refractivity contribution < 1.29 is 19.8 Å². The summed E-state index contributed by atoms with van der Waals surface area (Å²) in [5, 5.41) is 25.1. The van der Waals surface area contributed by atoms with Gasteiger partial charge in [0.25, 0.3) is 11.8 Å². The van der Waals surface area contributed by atoms with E-state index in [1.54, 1.807) is 16.2 Å². The number of aliphatic hydroxyl groups is 2. The Labute approximate surface area is 164 Å². The molecular formula is C20H30N2O4S. The number of nitrogens with one attached hydrogen (secondary N) is 1. The number of thiophene rings is 1. The lowest BCUT2D eigenvalue weighted by molar-refractivity contribution is -0.154. The van der Waals surface area contributed by atoms with E-state index in [1.165, 1.54) is 19.3 Å². The highest BCUT2D eigenvalue weighted by atomic mass is 32.1. The zero-order chi connectivity index (χ0) is 19.2. The maximum atomic E-state index is 12.7. The van der Waals surface area contributed by atoms with Gasteiger partial charge < -0.3 is 20.4 Å². The largest absolute Gasteiger partial charge is 0.380 e. The molecule has 0 bridgehead atoms. The number of aliphatic hydroxyl groups excluding tert-OH is 2. The van der Waals surface area contributed by atoms with Crippen molar-refractivity contribution in [2.75, 3.05) is 13.1 Å². The number of hydrogen-bond donors (Lipinski definition) is 3. The van der Waals surface area contributed by atoms with E-state index in [2.05, 4.69) is 5.32 Å². The van der Waals surface area contributed by atoms with Crippen molar-refractivity contribution in [3.05, 3.63) is 22.4 Å². The Morgan fingerprint density at radius 2 is 1.93 bits per heavy atom. The summed E-state index contributed by atoms with van der Waals surface area (Å²) < 4.78 is 0. The molecule has 7 heteroatoms. The molecule has 3 atom stereocenters. The lowest BCUT2D eigenvalue weighted by atomic mass is 9.83. The first kappa shape index (κ1) is 20.3. The van der Waals surface area contributed by atoms with E-state index >= 15 is 0 Å². The Kier molecular flexibility index (Phi) is 7.26. The number of carbonyl (C=O) groups is 2. The molecule has 1 aromatic heterocycles. The van der Waals surface area contributed by atoms with Crippen LogP contribution in [0.5, 0.6) is 0 Å². The van der Waals surface area contributed by atoms with Crippen LogP contribution in [0.1, 0.15) is 49.8 Å². The fourth-order valence-corrected chi connectivity index (χ4v) is 5.10. The summed E-state index contributed by atoms with van der Waals surface area (Å²) in [6.07, 6.45) is 4.99. The molecule has 1 aliphatic carbocycles. The van der Waals surface area contributed by atoms with E-state index < -0.39 is 24.0 Å². The lowest BCUT2D eigenvalue weighted by Crippen LogP contribution is -2.53. The Bertz CT molecular complexity index is 616. The van der Waals surface area contributed by atoms with Crippen LogP contribution in [0.4, 0.5) is 0 Å². The van der Waals surface area contributed by atoms with Gasteiger partial charge in [0, 0.05) is 24.0 Å². The first-order valence-electron chi connectivity index (χ1n) is 10.0. The van der Waals surface area contributed by atoms with Gasteiger partial charge in [-0.15, -0.1) is 11.3 Å². The normalized spacial score (nSPS) is 23.2. The molecule has 0 unspecified atom stereocenters. The molecule has 150 valence electrons. The average Bonchev–Trinajstić information content (AvgIpc) is 3.38. The van der Waals surface area contributed by atoms with Gasteiger partial charge in [0.15, 0.2) is 12.2 Å². The van der Waals surface area contributed by atoms with Gasteiger partial charge in [0.2, 0.25) is 0 Å². The summed E-state index contributed by atoms with van der Waals surface area (Å²) >= 11 is 1.60. The second kappa shape index (κ2) is 9.66. The van der Waals surface area contributed by atoms with E-state index in [9.17, 15) is 19.8 Å². The molecule has 2 fully saturated rings. The van der Waals surface area contributed by atoms with Crippen molar-refractivity contribution in [1.82, 2.24) is 10.2 Å². The molecule has 1 aliphatic heterocycles. The number of likely N-dealkylation sites (tertiary alicyclic amines) is 1. The zero-order valence-electron chi connectivity index (χ0n) is 15.7. The molecule has 0 radical (unpaired) electrons. The quantitative estimate of drug-likeness (QED) is 0.657. The minimum atomic E-state index is -1.73. The van der Waals surface area contributed by atoms with Gasteiger partial charge in [-0.1, -0.05) is 25.3 Å². The van der Waals surface area contributed by atoms with E-state index in [1.807, 2.05) is 17.5 Å². The highest BCUT2D eigenvalue weighted by Crippen LogP contribution is 2.34. The highest BCUT2D eigenvalue weighted by molar-refractivity contribution is 7.09. The van der Waals surface area contributed by atoms with Crippen LogP contribution < -0.4 is 5.32 Å². The minimum Gasteiger partial charge on any atom is -0.380 e. The third-order valence-electron chi connectivity index (χ3n) is 5.85. The zero-order valence-corrected chi connectivity index (χ0v) is 16.5. The van der Waals surface area contributed by atoms with Crippen LogP contribution in [0.15, 0.2) is 17.5 Å². The number of rotatable bonds is 7. The van der Waals surface area contributed by atoms with E-state index in [-0.39, 0.29) is 6.04 Å². The van der Waals surface area contributed by atoms with Crippen molar-refractivity contribution in [2.24, 2.45) is 5.92 Å². The SMILES string of the molecule is O=C(NCCc1cccs1)[C@H](O)[C@@H](O)C(=O)N1CCC[C@H]1C1CCCCC1. The van der Waals surface area contributed by atoms with E-state index in [0.717, 1.165) is 30.6 Å².